The molecule has 1 aliphatic rings. The molecule has 1 aromatic carbocycles. The minimum Gasteiger partial charge on any atom is -0.344 e. The average molecular weight is 297 g/mol. The maximum absolute atomic E-state index is 5.62. The number of fused-ring (bicyclic) bond motifs is 2. The van der Waals surface area contributed by atoms with Gasteiger partial charge in [-0.15, -0.1) is 0 Å². The molecule has 0 spiro atoms. The van der Waals surface area contributed by atoms with Crippen LogP contribution in [0.2, 0.25) is 0 Å². The molecule has 3 rings (SSSR count). The van der Waals surface area contributed by atoms with Crippen molar-refractivity contribution in [2.45, 2.75) is 13.3 Å². The van der Waals surface area contributed by atoms with Crippen LogP contribution in [0.15, 0.2) is 35.5 Å². The number of anilines is 3. The number of aromatic nitrogens is 2. The van der Waals surface area contributed by atoms with E-state index in [9.17, 15) is 0 Å². The largest absolute Gasteiger partial charge is 0.344 e. The van der Waals surface area contributed by atoms with Crippen molar-refractivity contribution in [2.75, 3.05) is 23.8 Å². The predicted octanol–water partition coefficient (Wildman–Crippen LogP) is 1.92. The molecule has 0 fully saturated rings. The SMILES string of the molecule is CCCN(C)c1ncc2c(n1)Nc1ccccc1N=C2NN. The van der Waals surface area contributed by atoms with Crippen LogP contribution >= 0.6 is 0 Å². The topological polar surface area (TPSA) is 91.5 Å². The first-order valence-corrected chi connectivity index (χ1v) is 7.23. The summed E-state index contributed by atoms with van der Waals surface area (Å²) >= 11 is 0. The van der Waals surface area contributed by atoms with E-state index in [-0.39, 0.29) is 0 Å². The van der Waals surface area contributed by atoms with Gasteiger partial charge in [0.05, 0.1) is 16.9 Å². The number of hydrogen-bond acceptors (Lipinski definition) is 7. The molecule has 0 aliphatic carbocycles. The fourth-order valence-corrected chi connectivity index (χ4v) is 2.36. The average Bonchev–Trinajstić information content (AvgIpc) is 2.70. The van der Waals surface area contributed by atoms with E-state index in [1.807, 2.05) is 36.2 Å². The van der Waals surface area contributed by atoms with Gasteiger partial charge in [-0.2, -0.15) is 4.98 Å². The summed E-state index contributed by atoms with van der Waals surface area (Å²) in [5, 5.41) is 3.32. The highest BCUT2D eigenvalue weighted by Crippen LogP contribution is 2.32. The Morgan fingerprint density at radius 2 is 2.14 bits per heavy atom. The van der Waals surface area contributed by atoms with Gasteiger partial charge < -0.3 is 15.6 Å². The second-order valence-electron chi connectivity index (χ2n) is 5.10. The first kappa shape index (κ1) is 14.3. The van der Waals surface area contributed by atoms with Crippen molar-refractivity contribution in [3.8, 4) is 0 Å². The second-order valence-corrected chi connectivity index (χ2v) is 5.10. The quantitative estimate of drug-likeness (QED) is 0.592. The van der Waals surface area contributed by atoms with Crippen LogP contribution in [0.3, 0.4) is 0 Å². The van der Waals surface area contributed by atoms with Gasteiger partial charge in [0.2, 0.25) is 5.95 Å². The van der Waals surface area contributed by atoms with Crippen LogP contribution in [0.25, 0.3) is 0 Å². The first-order chi connectivity index (χ1) is 10.7. The molecule has 114 valence electrons. The van der Waals surface area contributed by atoms with Crippen LogP contribution in [0, 0.1) is 0 Å². The number of benzene rings is 1. The minimum atomic E-state index is 0.539. The van der Waals surface area contributed by atoms with Gasteiger partial charge in [0.1, 0.15) is 5.82 Å². The zero-order chi connectivity index (χ0) is 15.5. The van der Waals surface area contributed by atoms with Gasteiger partial charge in [-0.25, -0.2) is 15.8 Å². The zero-order valence-corrected chi connectivity index (χ0v) is 12.7. The molecule has 0 unspecified atom stereocenters. The third-order valence-corrected chi connectivity index (χ3v) is 3.46. The molecular formula is C15H19N7. The summed E-state index contributed by atoms with van der Waals surface area (Å²) in [6.45, 7) is 3.02. The van der Waals surface area contributed by atoms with Crippen molar-refractivity contribution in [1.82, 2.24) is 15.4 Å². The summed E-state index contributed by atoms with van der Waals surface area (Å²) in [6, 6.07) is 7.76. The lowest BCUT2D eigenvalue weighted by molar-refractivity contribution is 0.819. The first-order valence-electron chi connectivity index (χ1n) is 7.23. The van der Waals surface area contributed by atoms with Gasteiger partial charge in [-0.3, -0.25) is 0 Å². The number of rotatable bonds is 3. The summed E-state index contributed by atoms with van der Waals surface area (Å²) in [4.78, 5) is 15.6. The van der Waals surface area contributed by atoms with Crippen LogP contribution in [-0.4, -0.2) is 29.4 Å². The number of nitrogens with one attached hydrogen (secondary N) is 2. The molecule has 1 aromatic heterocycles. The Balaban J connectivity index is 2.08. The Bertz CT molecular complexity index is 711. The summed E-state index contributed by atoms with van der Waals surface area (Å²) in [5.41, 5.74) is 5.06. The third kappa shape index (κ3) is 2.58. The maximum atomic E-state index is 5.62. The number of nitrogens with two attached hydrogens (primary N) is 1. The predicted molar refractivity (Wildman–Crippen MR) is 88.8 cm³/mol. The Hall–Kier alpha value is -2.67. The summed E-state index contributed by atoms with van der Waals surface area (Å²) in [5.74, 6) is 7.51. The molecule has 0 radical (unpaired) electrons. The van der Waals surface area contributed by atoms with E-state index < -0.39 is 0 Å². The molecule has 0 atom stereocenters. The number of amidine groups is 1. The van der Waals surface area contributed by atoms with E-state index in [1.54, 1.807) is 6.20 Å². The highest BCUT2D eigenvalue weighted by Gasteiger charge is 2.18. The lowest BCUT2D eigenvalue weighted by Crippen LogP contribution is -2.31. The van der Waals surface area contributed by atoms with Gasteiger partial charge in [0, 0.05) is 19.8 Å². The summed E-state index contributed by atoms with van der Waals surface area (Å²) in [6.07, 6.45) is 2.77. The summed E-state index contributed by atoms with van der Waals surface area (Å²) in [7, 11) is 1.98. The molecule has 7 heteroatoms. The standard InChI is InChI=1S/C15H19N7/c1-3-8-22(2)15-17-9-10-13(20-15)18-11-6-4-5-7-12(11)19-14(10)21-16/h4-7,9H,3,8,16H2,1-2H3,(H,19,21)(H,17,18,20). The van der Waals surface area contributed by atoms with E-state index in [0.717, 1.165) is 29.9 Å². The van der Waals surface area contributed by atoms with Crippen molar-refractivity contribution in [2.24, 2.45) is 10.8 Å². The molecule has 0 saturated carbocycles. The molecule has 4 N–H and O–H groups in total. The molecule has 0 saturated heterocycles. The normalized spacial score (nSPS) is 12.4. The molecule has 1 aliphatic heterocycles. The number of hydrazine groups is 1. The van der Waals surface area contributed by atoms with Gasteiger partial charge in [0.15, 0.2) is 5.84 Å². The fourth-order valence-electron chi connectivity index (χ4n) is 2.36. The monoisotopic (exact) mass is 297 g/mol. The van der Waals surface area contributed by atoms with Crippen molar-refractivity contribution in [1.29, 1.82) is 0 Å². The van der Waals surface area contributed by atoms with E-state index >= 15 is 0 Å². The lowest BCUT2D eigenvalue weighted by Gasteiger charge is -2.18. The van der Waals surface area contributed by atoms with Gasteiger partial charge >= 0.3 is 0 Å². The third-order valence-electron chi connectivity index (χ3n) is 3.46. The van der Waals surface area contributed by atoms with Crippen molar-refractivity contribution in [3.05, 3.63) is 36.0 Å². The highest BCUT2D eigenvalue weighted by atomic mass is 15.3. The second kappa shape index (κ2) is 5.98. The molecular weight excluding hydrogens is 278 g/mol. The summed E-state index contributed by atoms with van der Waals surface area (Å²) < 4.78 is 0. The molecule has 0 bridgehead atoms. The van der Waals surface area contributed by atoms with Crippen LogP contribution in [0.1, 0.15) is 18.9 Å². The fraction of sp³-hybridized carbons (Fsp3) is 0.267. The zero-order valence-electron chi connectivity index (χ0n) is 12.7. The maximum Gasteiger partial charge on any atom is 0.227 e. The minimum absolute atomic E-state index is 0.539. The van der Waals surface area contributed by atoms with E-state index in [1.165, 1.54) is 0 Å². The lowest BCUT2D eigenvalue weighted by atomic mass is 10.2. The molecule has 7 nitrogen and oxygen atoms in total. The molecule has 22 heavy (non-hydrogen) atoms. The van der Waals surface area contributed by atoms with Crippen LogP contribution < -0.4 is 21.5 Å². The smallest absolute Gasteiger partial charge is 0.227 e. The van der Waals surface area contributed by atoms with Gasteiger partial charge in [-0.1, -0.05) is 19.1 Å². The van der Waals surface area contributed by atoms with E-state index in [2.05, 4.69) is 32.6 Å². The molecule has 0 amide bonds. The van der Waals surface area contributed by atoms with Crippen molar-refractivity contribution >= 4 is 29.0 Å². The van der Waals surface area contributed by atoms with Gasteiger partial charge in [-0.05, 0) is 18.6 Å². The Morgan fingerprint density at radius 1 is 1.32 bits per heavy atom. The van der Waals surface area contributed by atoms with Gasteiger partial charge in [0.25, 0.3) is 0 Å². The van der Waals surface area contributed by atoms with E-state index in [0.29, 0.717) is 17.6 Å². The number of aliphatic imine (C=N–C) groups is 1. The van der Waals surface area contributed by atoms with Crippen LogP contribution in [0.5, 0.6) is 0 Å². The highest BCUT2D eigenvalue weighted by molar-refractivity contribution is 6.06. The Labute approximate surface area is 129 Å². The van der Waals surface area contributed by atoms with Crippen LogP contribution in [0.4, 0.5) is 23.1 Å². The molecule has 2 aromatic rings. The Morgan fingerprint density at radius 3 is 2.91 bits per heavy atom. The van der Waals surface area contributed by atoms with E-state index in [4.69, 9.17) is 5.84 Å². The van der Waals surface area contributed by atoms with Crippen molar-refractivity contribution < 1.29 is 0 Å². The van der Waals surface area contributed by atoms with Crippen molar-refractivity contribution in [3.63, 3.8) is 0 Å². The number of nitrogens with zero attached hydrogens (tertiary/aromatic N) is 4. The van der Waals surface area contributed by atoms with Crippen LogP contribution in [-0.2, 0) is 0 Å². The Kier molecular flexibility index (Phi) is 3.88. The number of hydrogen-bond donors (Lipinski definition) is 3. The molecule has 2 heterocycles. The number of para-hydroxylation sites is 2.